The van der Waals surface area contributed by atoms with Crippen LogP contribution < -0.4 is 5.32 Å². The largest absolute Gasteiger partial charge is 0.318 e. The van der Waals surface area contributed by atoms with Crippen molar-refractivity contribution in [2.45, 2.75) is 26.3 Å². The van der Waals surface area contributed by atoms with Crippen LogP contribution in [0.2, 0.25) is 0 Å². The predicted octanol–water partition coefficient (Wildman–Crippen LogP) is 0.622. The van der Waals surface area contributed by atoms with Gasteiger partial charge in [0.15, 0.2) is 0 Å². The van der Waals surface area contributed by atoms with Crippen molar-refractivity contribution in [1.29, 1.82) is 0 Å². The van der Waals surface area contributed by atoms with Crippen LogP contribution in [0.1, 0.15) is 20.3 Å². The Kier molecular flexibility index (Phi) is 5.45. The Hall–Kier alpha value is -0.120. The van der Waals surface area contributed by atoms with Crippen molar-refractivity contribution in [3.63, 3.8) is 0 Å². The van der Waals surface area contributed by atoms with Crippen LogP contribution in [0.25, 0.3) is 0 Å². The molecule has 1 saturated heterocycles. The summed E-state index contributed by atoms with van der Waals surface area (Å²) in [7, 11) is 2.05. The fourth-order valence-corrected chi connectivity index (χ4v) is 2.21. The Morgan fingerprint density at radius 3 is 2.21 bits per heavy atom. The molecule has 1 fully saturated rings. The molecule has 1 N–H and O–H groups in total. The van der Waals surface area contributed by atoms with Crippen LogP contribution in [0.3, 0.4) is 0 Å². The number of hydrogen-bond donors (Lipinski definition) is 1. The van der Waals surface area contributed by atoms with Crippen LogP contribution in [0.15, 0.2) is 0 Å². The van der Waals surface area contributed by atoms with Crippen LogP contribution in [0.4, 0.5) is 0 Å². The maximum absolute atomic E-state index is 3.29. The second-order valence-corrected chi connectivity index (χ2v) is 4.09. The highest BCUT2D eigenvalue weighted by Gasteiger charge is 2.20. The first-order valence-corrected chi connectivity index (χ1v) is 5.92. The first-order valence-electron chi connectivity index (χ1n) is 5.92. The summed E-state index contributed by atoms with van der Waals surface area (Å²) >= 11 is 0. The summed E-state index contributed by atoms with van der Waals surface area (Å²) in [4.78, 5) is 5.16. The zero-order valence-corrected chi connectivity index (χ0v) is 9.92. The van der Waals surface area contributed by atoms with Crippen LogP contribution in [-0.2, 0) is 0 Å². The molecule has 0 aromatic carbocycles. The first kappa shape index (κ1) is 12.0. The minimum absolute atomic E-state index is 0.735. The van der Waals surface area contributed by atoms with E-state index in [-0.39, 0.29) is 0 Å². The van der Waals surface area contributed by atoms with Crippen molar-refractivity contribution >= 4 is 0 Å². The van der Waals surface area contributed by atoms with Crippen molar-refractivity contribution in [1.82, 2.24) is 15.1 Å². The molecule has 0 saturated carbocycles. The smallest absolute Gasteiger partial charge is 0.0218 e. The Morgan fingerprint density at radius 2 is 1.79 bits per heavy atom. The Bertz CT molecular complexity index is 141. The van der Waals surface area contributed by atoms with Crippen LogP contribution in [-0.4, -0.2) is 62.2 Å². The molecule has 0 radical (unpaired) electrons. The SMILES string of the molecule is CCC(CNC)N1CCN(CC)CC1. The molecule has 3 nitrogen and oxygen atoms in total. The topological polar surface area (TPSA) is 18.5 Å². The lowest BCUT2D eigenvalue weighted by molar-refractivity contribution is 0.0973. The standard InChI is InChI=1S/C11H25N3/c1-4-11(10-12-3)14-8-6-13(5-2)7-9-14/h11-12H,4-10H2,1-3H3. The molecule has 0 aliphatic carbocycles. The Balaban J connectivity index is 2.31. The van der Waals surface area contributed by atoms with Gasteiger partial charge in [-0.05, 0) is 20.0 Å². The molecule has 1 atom stereocenters. The molecule has 0 spiro atoms. The maximum atomic E-state index is 3.29. The van der Waals surface area contributed by atoms with E-state index >= 15 is 0 Å². The summed E-state index contributed by atoms with van der Waals surface area (Å²) in [5.41, 5.74) is 0. The Labute approximate surface area is 88.5 Å². The number of nitrogens with zero attached hydrogens (tertiary/aromatic N) is 2. The highest BCUT2D eigenvalue weighted by atomic mass is 15.3. The third-order valence-electron chi connectivity index (χ3n) is 3.28. The molecule has 1 rings (SSSR count). The molecule has 14 heavy (non-hydrogen) atoms. The van der Waals surface area contributed by atoms with Gasteiger partial charge in [0.2, 0.25) is 0 Å². The average Bonchev–Trinajstić information content (AvgIpc) is 2.26. The van der Waals surface area contributed by atoms with Crippen molar-refractivity contribution in [3.05, 3.63) is 0 Å². The number of hydrogen-bond acceptors (Lipinski definition) is 3. The van der Waals surface area contributed by atoms with Gasteiger partial charge in [-0.15, -0.1) is 0 Å². The minimum Gasteiger partial charge on any atom is -0.318 e. The summed E-state index contributed by atoms with van der Waals surface area (Å²) in [6.45, 7) is 11.9. The van der Waals surface area contributed by atoms with E-state index in [2.05, 4.69) is 29.0 Å². The van der Waals surface area contributed by atoms with E-state index in [1.165, 1.54) is 39.1 Å². The first-order chi connectivity index (χ1) is 6.81. The highest BCUT2D eigenvalue weighted by molar-refractivity contribution is 4.78. The fourth-order valence-electron chi connectivity index (χ4n) is 2.21. The number of rotatable bonds is 5. The van der Waals surface area contributed by atoms with E-state index in [1.54, 1.807) is 0 Å². The van der Waals surface area contributed by atoms with E-state index in [4.69, 9.17) is 0 Å². The molecular weight excluding hydrogens is 174 g/mol. The molecule has 3 heteroatoms. The van der Waals surface area contributed by atoms with Crippen molar-refractivity contribution < 1.29 is 0 Å². The van der Waals surface area contributed by atoms with E-state index < -0.39 is 0 Å². The third-order valence-corrected chi connectivity index (χ3v) is 3.28. The van der Waals surface area contributed by atoms with Gasteiger partial charge in [-0.1, -0.05) is 13.8 Å². The van der Waals surface area contributed by atoms with Crippen molar-refractivity contribution in [2.24, 2.45) is 0 Å². The molecule has 1 aliphatic rings. The highest BCUT2D eigenvalue weighted by Crippen LogP contribution is 2.08. The molecule has 0 aromatic rings. The van der Waals surface area contributed by atoms with Crippen LogP contribution >= 0.6 is 0 Å². The lowest BCUT2D eigenvalue weighted by Gasteiger charge is -2.38. The molecular formula is C11H25N3. The third kappa shape index (κ3) is 3.23. The van der Waals surface area contributed by atoms with Crippen LogP contribution in [0.5, 0.6) is 0 Å². The van der Waals surface area contributed by atoms with Crippen molar-refractivity contribution in [3.8, 4) is 0 Å². The minimum atomic E-state index is 0.735. The van der Waals surface area contributed by atoms with Crippen molar-refractivity contribution in [2.75, 3.05) is 46.3 Å². The van der Waals surface area contributed by atoms with Gasteiger partial charge >= 0.3 is 0 Å². The van der Waals surface area contributed by atoms with Gasteiger partial charge in [-0.25, -0.2) is 0 Å². The van der Waals surface area contributed by atoms with E-state index in [0.29, 0.717) is 0 Å². The lowest BCUT2D eigenvalue weighted by atomic mass is 10.1. The molecule has 0 amide bonds. The number of piperazine rings is 1. The van der Waals surface area contributed by atoms with E-state index in [0.717, 1.165) is 12.6 Å². The van der Waals surface area contributed by atoms with Gasteiger partial charge in [0.1, 0.15) is 0 Å². The second-order valence-electron chi connectivity index (χ2n) is 4.09. The molecule has 84 valence electrons. The van der Waals surface area contributed by atoms with Gasteiger partial charge in [-0.3, -0.25) is 4.90 Å². The van der Waals surface area contributed by atoms with Gasteiger partial charge in [0.05, 0.1) is 0 Å². The molecule has 1 aliphatic heterocycles. The summed E-state index contributed by atoms with van der Waals surface area (Å²) < 4.78 is 0. The second kappa shape index (κ2) is 6.38. The fraction of sp³-hybridized carbons (Fsp3) is 1.00. The summed E-state index contributed by atoms with van der Waals surface area (Å²) in [5, 5.41) is 3.29. The average molecular weight is 199 g/mol. The van der Waals surface area contributed by atoms with E-state index in [9.17, 15) is 0 Å². The summed E-state index contributed by atoms with van der Waals surface area (Å²) in [5.74, 6) is 0. The molecule has 1 heterocycles. The monoisotopic (exact) mass is 199 g/mol. The van der Waals surface area contributed by atoms with E-state index in [1.807, 2.05) is 7.05 Å². The Morgan fingerprint density at radius 1 is 1.14 bits per heavy atom. The van der Waals surface area contributed by atoms with Gasteiger partial charge < -0.3 is 10.2 Å². The quantitative estimate of drug-likeness (QED) is 0.700. The summed E-state index contributed by atoms with van der Waals surface area (Å²) in [6.07, 6.45) is 1.26. The van der Waals surface area contributed by atoms with Gasteiger partial charge in [0.25, 0.3) is 0 Å². The zero-order chi connectivity index (χ0) is 10.4. The van der Waals surface area contributed by atoms with Crippen LogP contribution in [0, 0.1) is 0 Å². The van der Waals surface area contributed by atoms with Gasteiger partial charge in [-0.2, -0.15) is 0 Å². The van der Waals surface area contributed by atoms with Gasteiger partial charge in [0, 0.05) is 38.8 Å². The lowest BCUT2D eigenvalue weighted by Crippen LogP contribution is -2.52. The normalized spacial score (nSPS) is 22.5. The summed E-state index contributed by atoms with van der Waals surface area (Å²) in [6, 6.07) is 0.735. The number of nitrogens with one attached hydrogen (secondary N) is 1. The molecule has 1 unspecified atom stereocenters. The predicted molar refractivity (Wildman–Crippen MR) is 61.7 cm³/mol. The zero-order valence-electron chi connectivity index (χ0n) is 9.92. The number of likely N-dealkylation sites (N-methyl/N-ethyl adjacent to an activating group) is 2. The molecule has 0 bridgehead atoms. The molecule has 0 aromatic heterocycles. The maximum Gasteiger partial charge on any atom is 0.0218 e.